The first kappa shape index (κ1) is 32.1. The van der Waals surface area contributed by atoms with Crippen LogP contribution in [0, 0.1) is 13.8 Å². The van der Waals surface area contributed by atoms with Crippen molar-refractivity contribution in [3.05, 3.63) is 199 Å². The molecule has 0 saturated heterocycles. The van der Waals surface area contributed by atoms with Gasteiger partial charge >= 0.3 is 0 Å². The molecule has 12 aromatic carbocycles. The lowest BCUT2D eigenvalue weighted by Gasteiger charge is -2.26. The maximum atomic E-state index is 2.38. The lowest BCUT2D eigenvalue weighted by molar-refractivity contribution is 1.29. The van der Waals surface area contributed by atoms with Crippen LogP contribution in [-0.4, -0.2) is 0 Å². The normalized spacial score (nSPS) is 12.0. The molecule has 1 heteroatoms. The molecule has 0 heterocycles. The van der Waals surface area contributed by atoms with E-state index in [1.54, 1.807) is 0 Å². The fraction of sp³-hybridized carbons (Fsp3) is 0.0357. The molecule has 0 bridgehead atoms. The monoisotopic (exact) mass is 723 g/mol. The van der Waals surface area contributed by atoms with E-state index in [0.29, 0.717) is 0 Å². The Bertz CT molecular complexity index is 3190. The number of anilines is 3. The Kier molecular flexibility index (Phi) is 6.83. The van der Waals surface area contributed by atoms with Crippen LogP contribution in [0.3, 0.4) is 0 Å². The smallest absolute Gasteiger partial charge is 0.0468 e. The molecule has 0 saturated carbocycles. The van der Waals surface area contributed by atoms with E-state index in [-0.39, 0.29) is 0 Å². The van der Waals surface area contributed by atoms with E-state index in [9.17, 15) is 0 Å². The summed E-state index contributed by atoms with van der Waals surface area (Å²) in [6.07, 6.45) is 0. The van der Waals surface area contributed by atoms with Gasteiger partial charge in [0.05, 0.1) is 0 Å². The van der Waals surface area contributed by atoms with Gasteiger partial charge in [-0.05, 0) is 183 Å². The van der Waals surface area contributed by atoms with E-state index >= 15 is 0 Å². The Hall–Kier alpha value is -7.22. The van der Waals surface area contributed by atoms with Crippen LogP contribution in [0.5, 0.6) is 0 Å². The van der Waals surface area contributed by atoms with Gasteiger partial charge in [-0.15, -0.1) is 0 Å². The molecule has 0 N–H and O–H groups in total. The van der Waals surface area contributed by atoms with Crippen LogP contribution in [0.1, 0.15) is 11.1 Å². The van der Waals surface area contributed by atoms with Gasteiger partial charge in [-0.1, -0.05) is 127 Å². The third kappa shape index (κ3) is 5.09. The summed E-state index contributed by atoms with van der Waals surface area (Å²) in [6, 6.07) is 70.5. The highest BCUT2D eigenvalue weighted by Crippen LogP contribution is 2.42. The van der Waals surface area contributed by atoms with Gasteiger partial charge in [-0.25, -0.2) is 0 Å². The summed E-state index contributed by atoms with van der Waals surface area (Å²) in [7, 11) is 0. The van der Waals surface area contributed by atoms with Crippen molar-refractivity contribution in [1.82, 2.24) is 0 Å². The molecule has 0 amide bonds. The maximum absolute atomic E-state index is 2.38. The quantitative estimate of drug-likeness (QED) is 0.160. The summed E-state index contributed by atoms with van der Waals surface area (Å²) in [5.41, 5.74) is 10.8. The SMILES string of the molecule is Cc1cc2ccc3cc(-c4ccc(N(c5ccc(-c6cc7ccc8cc(C)cc9ccc(c6)c7c89)cc5)c5ccc6ccccc6c5)cc4)cc4ccc(c1)c2c34. The third-order valence-electron chi connectivity index (χ3n) is 12.3. The maximum Gasteiger partial charge on any atom is 0.0468 e. The Morgan fingerprint density at radius 3 is 0.947 bits per heavy atom. The van der Waals surface area contributed by atoms with Crippen LogP contribution < -0.4 is 4.90 Å². The molecule has 0 fully saturated rings. The first-order valence-electron chi connectivity index (χ1n) is 19.9. The second-order valence-corrected chi connectivity index (χ2v) is 16.0. The molecule has 0 atom stereocenters. The van der Waals surface area contributed by atoms with Crippen LogP contribution in [0.15, 0.2) is 188 Å². The highest BCUT2D eigenvalue weighted by molar-refractivity contribution is 6.25. The number of benzene rings is 12. The van der Waals surface area contributed by atoms with Crippen LogP contribution in [0.25, 0.3) is 97.7 Å². The zero-order valence-corrected chi connectivity index (χ0v) is 31.8. The molecule has 0 radical (unpaired) electrons. The molecule has 12 rings (SSSR count). The summed E-state index contributed by atoms with van der Waals surface area (Å²) >= 11 is 0. The zero-order chi connectivity index (χ0) is 37.8. The van der Waals surface area contributed by atoms with E-state index in [2.05, 4.69) is 207 Å². The number of fused-ring (bicyclic) bond motifs is 1. The molecule has 0 spiro atoms. The standard InChI is InChI=1S/C56H37N/c1-34-25-40-7-11-44-29-48(30-45-12-8-41(26-34)53(40)55(44)45)37-15-20-50(21-16-37)57(52-24-19-36-5-3-4-6-39(36)33-52)51-22-17-38(18-23-51)49-31-46-13-9-42-27-35(2)28-43-10-14-47(32-49)56(46)54(42)43/h3-33H,1-2H3. The molecule has 266 valence electrons. The van der Waals surface area contributed by atoms with Gasteiger partial charge in [-0.3, -0.25) is 0 Å². The number of aryl methyl sites for hydroxylation is 2. The average molecular weight is 724 g/mol. The first-order valence-corrected chi connectivity index (χ1v) is 19.9. The van der Waals surface area contributed by atoms with Crippen molar-refractivity contribution in [3.63, 3.8) is 0 Å². The number of hydrogen-bond donors (Lipinski definition) is 0. The molecule has 0 aromatic heterocycles. The van der Waals surface area contributed by atoms with Gasteiger partial charge in [0.15, 0.2) is 0 Å². The van der Waals surface area contributed by atoms with Crippen molar-refractivity contribution in [1.29, 1.82) is 0 Å². The molecule has 1 nitrogen and oxygen atoms in total. The topological polar surface area (TPSA) is 3.24 Å². The average Bonchev–Trinajstić information content (AvgIpc) is 3.24. The fourth-order valence-electron chi connectivity index (χ4n) is 9.69. The van der Waals surface area contributed by atoms with Crippen molar-refractivity contribution < 1.29 is 0 Å². The first-order chi connectivity index (χ1) is 28.0. The van der Waals surface area contributed by atoms with Gasteiger partial charge in [0.25, 0.3) is 0 Å². The largest absolute Gasteiger partial charge is 0.310 e. The van der Waals surface area contributed by atoms with E-state index in [0.717, 1.165) is 17.1 Å². The second-order valence-electron chi connectivity index (χ2n) is 16.0. The van der Waals surface area contributed by atoms with Crippen molar-refractivity contribution in [3.8, 4) is 22.3 Å². The molecule has 0 aliphatic carbocycles. The Labute approximate surface area is 331 Å². The van der Waals surface area contributed by atoms with Crippen LogP contribution >= 0.6 is 0 Å². The summed E-state index contributed by atoms with van der Waals surface area (Å²) in [6.45, 7) is 4.36. The van der Waals surface area contributed by atoms with Crippen LogP contribution in [0.4, 0.5) is 17.1 Å². The van der Waals surface area contributed by atoms with Gasteiger partial charge < -0.3 is 4.90 Å². The Morgan fingerprint density at radius 1 is 0.246 bits per heavy atom. The predicted octanol–water partition coefficient (Wildman–Crippen LogP) is 16.1. The van der Waals surface area contributed by atoms with Crippen molar-refractivity contribution >= 4 is 92.5 Å². The number of hydrogen-bond acceptors (Lipinski definition) is 1. The molecule has 0 aliphatic heterocycles. The van der Waals surface area contributed by atoms with Crippen molar-refractivity contribution in [2.75, 3.05) is 4.90 Å². The molecular formula is C56H37N. The third-order valence-corrected chi connectivity index (χ3v) is 12.3. The van der Waals surface area contributed by atoms with Crippen molar-refractivity contribution in [2.24, 2.45) is 0 Å². The molecular weight excluding hydrogens is 687 g/mol. The Balaban J connectivity index is 0.942. The number of nitrogens with zero attached hydrogens (tertiary/aromatic N) is 1. The van der Waals surface area contributed by atoms with Crippen molar-refractivity contribution in [2.45, 2.75) is 13.8 Å². The summed E-state index contributed by atoms with van der Waals surface area (Å²) in [4.78, 5) is 2.38. The molecule has 57 heavy (non-hydrogen) atoms. The Morgan fingerprint density at radius 2 is 0.561 bits per heavy atom. The second kappa shape index (κ2) is 12.1. The fourth-order valence-corrected chi connectivity index (χ4v) is 9.69. The summed E-state index contributed by atoms with van der Waals surface area (Å²) < 4.78 is 0. The summed E-state index contributed by atoms with van der Waals surface area (Å²) in [5, 5.41) is 18.3. The molecule has 12 aromatic rings. The van der Waals surface area contributed by atoms with Gasteiger partial charge in [0, 0.05) is 17.1 Å². The van der Waals surface area contributed by atoms with Crippen LogP contribution in [0.2, 0.25) is 0 Å². The predicted molar refractivity (Wildman–Crippen MR) is 246 cm³/mol. The lowest BCUT2D eigenvalue weighted by Crippen LogP contribution is -2.09. The van der Waals surface area contributed by atoms with Gasteiger partial charge in [0.1, 0.15) is 0 Å². The highest BCUT2D eigenvalue weighted by Gasteiger charge is 2.17. The van der Waals surface area contributed by atoms with Crippen LogP contribution in [-0.2, 0) is 0 Å². The van der Waals surface area contributed by atoms with E-state index in [1.807, 2.05) is 0 Å². The minimum atomic E-state index is 1.12. The van der Waals surface area contributed by atoms with Gasteiger partial charge in [0.2, 0.25) is 0 Å². The molecule has 0 aliphatic rings. The minimum absolute atomic E-state index is 1.12. The van der Waals surface area contributed by atoms with E-state index in [1.165, 1.54) is 109 Å². The van der Waals surface area contributed by atoms with E-state index in [4.69, 9.17) is 0 Å². The summed E-state index contributed by atoms with van der Waals surface area (Å²) in [5.74, 6) is 0. The minimum Gasteiger partial charge on any atom is -0.310 e. The van der Waals surface area contributed by atoms with Gasteiger partial charge in [-0.2, -0.15) is 0 Å². The molecule has 0 unspecified atom stereocenters. The van der Waals surface area contributed by atoms with E-state index < -0.39 is 0 Å². The highest BCUT2D eigenvalue weighted by atomic mass is 15.1. The number of rotatable bonds is 5. The lowest BCUT2D eigenvalue weighted by atomic mass is 9.90. The zero-order valence-electron chi connectivity index (χ0n) is 31.8.